The topological polar surface area (TPSA) is 108 Å². The van der Waals surface area contributed by atoms with E-state index in [-0.39, 0.29) is 42.0 Å². The first-order valence-electron chi connectivity index (χ1n) is 8.95. The van der Waals surface area contributed by atoms with E-state index in [4.69, 9.17) is 15.7 Å². The number of Topliss-reactive ketones (excluding diaryl/α,β-unsaturated/α-hetero) is 1. The van der Waals surface area contributed by atoms with Crippen LogP contribution in [0.4, 0.5) is 9.59 Å². The van der Waals surface area contributed by atoms with Crippen LogP contribution in [0.1, 0.15) is 19.8 Å². The second-order valence-electron chi connectivity index (χ2n) is 7.40. The zero-order valence-electron chi connectivity index (χ0n) is 15.4. The zero-order valence-corrected chi connectivity index (χ0v) is 15.4. The molecule has 4 bridgehead atoms. The molecule has 0 aromatic carbocycles. The molecule has 9 nitrogen and oxygen atoms in total. The minimum atomic E-state index is -0.465. The Labute approximate surface area is 160 Å². The van der Waals surface area contributed by atoms with E-state index in [1.165, 1.54) is 18.9 Å². The summed E-state index contributed by atoms with van der Waals surface area (Å²) in [6.45, 7) is 2.77. The van der Waals surface area contributed by atoms with Gasteiger partial charge in [-0.1, -0.05) is 0 Å². The predicted octanol–water partition coefficient (Wildman–Crippen LogP) is -1.86. The van der Waals surface area contributed by atoms with E-state index in [0.717, 1.165) is 12.8 Å². The average molecular weight is 372 g/mol. The van der Waals surface area contributed by atoms with Gasteiger partial charge in [0.2, 0.25) is 15.7 Å². The van der Waals surface area contributed by atoms with Crippen molar-refractivity contribution in [1.82, 2.24) is 20.4 Å². The highest BCUT2D eigenvalue weighted by Gasteiger charge is 2.49. The molecule has 0 aromatic heterocycles. The van der Waals surface area contributed by atoms with Crippen LogP contribution in [0.2, 0.25) is 0 Å². The van der Waals surface area contributed by atoms with Crippen molar-refractivity contribution in [1.29, 1.82) is 0 Å². The number of esters is 1. The maximum absolute atomic E-state index is 11.3. The fourth-order valence-corrected chi connectivity index (χ4v) is 4.58. The number of ether oxygens (including phenoxy) is 1. The Bertz CT molecular complexity index is 639. The molecule has 0 spiro atoms. The van der Waals surface area contributed by atoms with Crippen molar-refractivity contribution < 1.29 is 23.9 Å². The van der Waals surface area contributed by atoms with Gasteiger partial charge >= 0.3 is 5.97 Å². The lowest BCUT2D eigenvalue weighted by Crippen LogP contribution is -2.56. The first-order chi connectivity index (χ1) is 12.7. The Balaban J connectivity index is 0.000000156. The lowest BCUT2D eigenvalue weighted by atomic mass is 10.0. The number of ketones is 1. The molecule has 6 atom stereocenters. The largest absolute Gasteiger partial charge is 0.468 e. The van der Waals surface area contributed by atoms with E-state index >= 15 is 0 Å². The average Bonchev–Trinajstić information content (AvgIpc) is 3.38. The van der Waals surface area contributed by atoms with Crippen LogP contribution in [0.3, 0.4) is 0 Å². The monoisotopic (exact) mass is 372 g/mol. The summed E-state index contributed by atoms with van der Waals surface area (Å²) in [4.78, 5) is 47.6. The summed E-state index contributed by atoms with van der Waals surface area (Å²) in [6, 6.07) is -0.328. The van der Waals surface area contributed by atoms with Crippen molar-refractivity contribution in [3.8, 4) is 0 Å². The number of likely N-dealkylation sites (tertiary alicyclic amines) is 2. The molecule has 0 aliphatic carbocycles. The highest BCUT2D eigenvalue weighted by Crippen LogP contribution is 2.29. The van der Waals surface area contributed by atoms with Gasteiger partial charge in [0.1, 0.15) is 11.8 Å². The van der Waals surface area contributed by atoms with E-state index in [1.54, 1.807) is 4.90 Å². The van der Waals surface area contributed by atoms with Crippen LogP contribution in [0.25, 0.3) is 0 Å². The van der Waals surface area contributed by atoms with E-state index in [9.17, 15) is 19.2 Å². The molecule has 0 aromatic rings. The minimum absolute atomic E-state index is 0.0139. The van der Waals surface area contributed by atoms with Crippen LogP contribution >= 0.6 is 0 Å². The second kappa shape index (κ2) is 7.63. The number of carbonyl (C=O) groups excluding carboxylic acids is 4. The van der Waals surface area contributed by atoms with Crippen molar-refractivity contribution in [3.63, 3.8) is 0 Å². The van der Waals surface area contributed by atoms with Crippen molar-refractivity contribution >= 4 is 39.1 Å². The van der Waals surface area contributed by atoms with Crippen LogP contribution in [-0.2, 0) is 14.3 Å². The third-order valence-corrected chi connectivity index (χ3v) is 5.75. The van der Waals surface area contributed by atoms with Gasteiger partial charge in [0, 0.05) is 25.2 Å². The summed E-state index contributed by atoms with van der Waals surface area (Å²) in [5.41, 5.74) is 0. The van der Waals surface area contributed by atoms with Gasteiger partial charge in [-0.25, -0.2) is 0 Å². The minimum Gasteiger partial charge on any atom is -0.468 e. The quantitative estimate of drug-likeness (QED) is 0.433. The van der Waals surface area contributed by atoms with Crippen LogP contribution < -0.4 is 10.6 Å². The summed E-state index contributed by atoms with van der Waals surface area (Å²) < 4.78 is 4.63. The molecule has 4 fully saturated rings. The highest BCUT2D eigenvalue weighted by atomic mass is 16.5. The third kappa shape index (κ3) is 3.75. The molecule has 4 saturated heterocycles. The lowest BCUT2D eigenvalue weighted by molar-refractivity contribution is -0.144. The molecule has 142 valence electrons. The van der Waals surface area contributed by atoms with Gasteiger partial charge in [-0.05, 0) is 19.8 Å². The van der Waals surface area contributed by atoms with Gasteiger partial charge in [-0.3, -0.25) is 24.5 Å². The number of nitrogens with zero attached hydrogens (tertiary/aromatic N) is 2. The van der Waals surface area contributed by atoms with E-state index < -0.39 is 17.7 Å². The molecule has 11 heteroatoms. The molecule has 0 saturated carbocycles. The molecule has 4 radical (unpaired) electrons. The standard InChI is InChI=1S/C8H11BN2O3.C8H11BN2O2/c1-14-7(12)6-5-2-4(10-6)3-11(5)8(9)13;1-4(12)7-6-2-5(10-7)3-11(6)8(9)13/h4-6,10H,2-3H2,1H3;5-7,10H,2-3H2,1H3/t4?,5?,6-;5?,6?,7-/m11/s1. The number of nitrogens with one attached hydrogen (secondary N) is 2. The number of hydrogen-bond acceptors (Lipinski definition) is 7. The molecular weight excluding hydrogens is 350 g/mol. The third-order valence-electron chi connectivity index (χ3n) is 5.75. The van der Waals surface area contributed by atoms with Crippen molar-refractivity contribution in [3.05, 3.63) is 0 Å². The lowest BCUT2D eigenvalue weighted by Gasteiger charge is -2.32. The summed E-state index contributed by atoms with van der Waals surface area (Å²) in [5, 5.41) is 6.28. The fourth-order valence-electron chi connectivity index (χ4n) is 4.58. The maximum Gasteiger partial charge on any atom is 0.325 e. The zero-order chi connectivity index (χ0) is 19.9. The Morgan fingerprint density at radius 3 is 1.70 bits per heavy atom. The molecule has 2 amide bonds. The van der Waals surface area contributed by atoms with Gasteiger partial charge in [0.05, 0.1) is 25.2 Å². The van der Waals surface area contributed by atoms with Gasteiger partial charge < -0.3 is 19.9 Å². The first-order valence-corrected chi connectivity index (χ1v) is 8.95. The summed E-state index contributed by atoms with van der Waals surface area (Å²) in [5.74, 6) is -1.13. The second-order valence-corrected chi connectivity index (χ2v) is 7.40. The fraction of sp³-hybridized carbons (Fsp3) is 0.750. The SMILES string of the molecule is [B]C(=O)N1CC2CC1[C@@H](C(C)=O)N2.[B]C(=O)N1CC2CC1[C@H](C(=O)OC)N2. The van der Waals surface area contributed by atoms with Crippen LogP contribution in [-0.4, -0.2) is 105 Å². The molecule has 4 aliphatic rings. The number of piperazine rings is 2. The molecule has 27 heavy (non-hydrogen) atoms. The van der Waals surface area contributed by atoms with Crippen molar-refractivity contribution in [2.45, 2.75) is 56.0 Å². The van der Waals surface area contributed by atoms with Gasteiger partial charge in [-0.15, -0.1) is 0 Å². The molecule has 4 heterocycles. The Kier molecular flexibility index (Phi) is 5.62. The summed E-state index contributed by atoms with van der Waals surface area (Å²) >= 11 is 0. The number of hydrogen-bond donors (Lipinski definition) is 2. The number of fused-ring (bicyclic) bond motifs is 4. The number of carbonyl (C=O) groups is 4. The molecule has 4 aliphatic heterocycles. The Hall–Kier alpha value is -1.87. The van der Waals surface area contributed by atoms with Crippen LogP contribution in [0.5, 0.6) is 0 Å². The van der Waals surface area contributed by atoms with Crippen LogP contribution in [0, 0.1) is 0 Å². The van der Waals surface area contributed by atoms with Gasteiger partial charge in [0.15, 0.2) is 11.6 Å². The Morgan fingerprint density at radius 2 is 1.33 bits per heavy atom. The summed E-state index contributed by atoms with van der Waals surface area (Å²) in [7, 11) is 11.7. The van der Waals surface area contributed by atoms with Crippen LogP contribution in [0.15, 0.2) is 0 Å². The van der Waals surface area contributed by atoms with E-state index in [0.29, 0.717) is 13.1 Å². The number of rotatable bonds is 2. The summed E-state index contributed by atoms with van der Waals surface area (Å²) in [6.07, 6.45) is 1.63. The Morgan fingerprint density at radius 1 is 0.889 bits per heavy atom. The van der Waals surface area contributed by atoms with E-state index in [2.05, 4.69) is 15.4 Å². The van der Waals surface area contributed by atoms with Crippen molar-refractivity contribution in [2.24, 2.45) is 0 Å². The molecule has 4 unspecified atom stereocenters. The normalized spacial score (nSPS) is 35.6. The molecular formula is C16H22B2N4O5. The maximum atomic E-state index is 11.3. The van der Waals surface area contributed by atoms with Crippen molar-refractivity contribution in [2.75, 3.05) is 20.2 Å². The predicted molar refractivity (Wildman–Crippen MR) is 96.6 cm³/mol. The van der Waals surface area contributed by atoms with E-state index in [1.807, 2.05) is 0 Å². The smallest absolute Gasteiger partial charge is 0.325 e. The molecule has 4 rings (SSSR count). The number of methoxy groups -OCH3 is 1. The van der Waals surface area contributed by atoms with Gasteiger partial charge in [0.25, 0.3) is 0 Å². The van der Waals surface area contributed by atoms with Gasteiger partial charge in [-0.2, -0.15) is 0 Å². The highest BCUT2D eigenvalue weighted by molar-refractivity contribution is 6.57. The molecule has 2 N–H and O–H groups in total. The number of amides is 2. The first kappa shape index (κ1) is 19.9.